The normalized spacial score (nSPS) is 11.6. The van der Waals surface area contributed by atoms with Crippen LogP contribution in [0.1, 0.15) is 31.0 Å². The molecule has 0 fully saturated rings. The summed E-state index contributed by atoms with van der Waals surface area (Å²) < 4.78 is 39.9. The van der Waals surface area contributed by atoms with E-state index in [4.69, 9.17) is 9.47 Å². The highest BCUT2D eigenvalue weighted by Crippen LogP contribution is 2.29. The van der Waals surface area contributed by atoms with Gasteiger partial charge in [-0.3, -0.25) is 0 Å². The molecule has 8 heteroatoms. The van der Waals surface area contributed by atoms with Crippen LogP contribution in [0.25, 0.3) is 0 Å². The van der Waals surface area contributed by atoms with Crippen LogP contribution in [0.3, 0.4) is 0 Å². The summed E-state index contributed by atoms with van der Waals surface area (Å²) in [4.78, 5) is 12.2. The van der Waals surface area contributed by atoms with E-state index in [1.807, 2.05) is 38.1 Å². The molecule has 2 amide bonds. The number of methoxy groups -OCH3 is 1. The SMILES string of the molecule is CCOc1cccc(C(C)NC(=O)NCc2ccc(OC)c(OC(F)F)c2)c1. The molecule has 28 heavy (non-hydrogen) atoms. The molecule has 2 N–H and O–H groups in total. The minimum Gasteiger partial charge on any atom is -0.494 e. The fourth-order valence-electron chi connectivity index (χ4n) is 2.57. The first-order valence-corrected chi connectivity index (χ1v) is 8.81. The van der Waals surface area contributed by atoms with Gasteiger partial charge in [0.25, 0.3) is 0 Å². The number of amides is 2. The van der Waals surface area contributed by atoms with E-state index in [2.05, 4.69) is 15.4 Å². The highest BCUT2D eigenvalue weighted by Gasteiger charge is 2.13. The lowest BCUT2D eigenvalue weighted by atomic mass is 10.1. The van der Waals surface area contributed by atoms with E-state index in [0.717, 1.165) is 11.3 Å². The van der Waals surface area contributed by atoms with Crippen molar-refractivity contribution in [3.63, 3.8) is 0 Å². The zero-order valence-electron chi connectivity index (χ0n) is 16.0. The molecule has 0 aliphatic heterocycles. The fourth-order valence-corrected chi connectivity index (χ4v) is 2.57. The summed E-state index contributed by atoms with van der Waals surface area (Å²) in [5.41, 5.74) is 1.50. The van der Waals surface area contributed by atoms with Gasteiger partial charge in [-0.05, 0) is 49.2 Å². The summed E-state index contributed by atoms with van der Waals surface area (Å²) in [5, 5.41) is 5.52. The summed E-state index contributed by atoms with van der Waals surface area (Å²) in [6.45, 7) is 1.49. The highest BCUT2D eigenvalue weighted by molar-refractivity contribution is 5.74. The lowest BCUT2D eigenvalue weighted by Crippen LogP contribution is -2.36. The van der Waals surface area contributed by atoms with Crippen LogP contribution >= 0.6 is 0 Å². The minimum atomic E-state index is -2.96. The molecule has 2 aromatic carbocycles. The Morgan fingerprint density at radius 2 is 1.93 bits per heavy atom. The lowest BCUT2D eigenvalue weighted by Gasteiger charge is -2.16. The number of carbonyl (C=O) groups is 1. The van der Waals surface area contributed by atoms with Gasteiger partial charge in [0.05, 0.1) is 19.8 Å². The van der Waals surface area contributed by atoms with E-state index in [1.54, 1.807) is 6.07 Å². The fraction of sp³-hybridized carbons (Fsp3) is 0.350. The summed E-state index contributed by atoms with van der Waals surface area (Å²) in [6, 6.07) is 11.4. The van der Waals surface area contributed by atoms with E-state index in [-0.39, 0.29) is 30.1 Å². The molecular formula is C20H24F2N2O4. The zero-order chi connectivity index (χ0) is 20.5. The van der Waals surface area contributed by atoms with Gasteiger partial charge in [0, 0.05) is 6.54 Å². The Kier molecular flexibility index (Phi) is 7.86. The van der Waals surface area contributed by atoms with Crippen LogP contribution in [-0.2, 0) is 6.54 Å². The largest absolute Gasteiger partial charge is 0.494 e. The number of rotatable bonds is 9. The molecule has 0 spiro atoms. The standard InChI is InChI=1S/C20H24F2N2O4/c1-4-27-16-7-5-6-15(11-16)13(2)24-20(25)23-12-14-8-9-17(26-3)18(10-14)28-19(21)22/h5-11,13,19H,4,12H2,1-3H3,(H2,23,24,25). The third-order valence-corrected chi connectivity index (χ3v) is 3.91. The van der Waals surface area contributed by atoms with Crippen LogP contribution in [0, 0.1) is 0 Å². The summed E-state index contributed by atoms with van der Waals surface area (Å²) in [7, 11) is 1.36. The molecule has 6 nitrogen and oxygen atoms in total. The molecule has 0 aromatic heterocycles. The van der Waals surface area contributed by atoms with Gasteiger partial charge in [-0.1, -0.05) is 18.2 Å². The molecule has 2 aromatic rings. The van der Waals surface area contributed by atoms with Crippen molar-refractivity contribution < 1.29 is 27.8 Å². The van der Waals surface area contributed by atoms with Crippen LogP contribution in [0.2, 0.25) is 0 Å². The molecule has 0 bridgehead atoms. The van der Waals surface area contributed by atoms with Crippen molar-refractivity contribution in [1.82, 2.24) is 10.6 Å². The average Bonchev–Trinajstić information content (AvgIpc) is 2.66. The van der Waals surface area contributed by atoms with Gasteiger partial charge >= 0.3 is 12.6 Å². The zero-order valence-corrected chi connectivity index (χ0v) is 16.0. The second kappa shape index (κ2) is 10.3. The summed E-state index contributed by atoms with van der Waals surface area (Å²) in [6.07, 6.45) is 0. The Labute approximate surface area is 162 Å². The Balaban J connectivity index is 1.94. The maximum atomic E-state index is 12.5. The molecule has 1 atom stereocenters. The van der Waals surface area contributed by atoms with Crippen LogP contribution in [0.4, 0.5) is 13.6 Å². The van der Waals surface area contributed by atoms with Crippen LogP contribution in [0.15, 0.2) is 42.5 Å². The first-order chi connectivity index (χ1) is 13.4. The van der Waals surface area contributed by atoms with E-state index >= 15 is 0 Å². The number of hydrogen-bond acceptors (Lipinski definition) is 4. The molecule has 0 heterocycles. The van der Waals surface area contributed by atoms with E-state index < -0.39 is 6.61 Å². The highest BCUT2D eigenvalue weighted by atomic mass is 19.3. The maximum Gasteiger partial charge on any atom is 0.387 e. The third-order valence-electron chi connectivity index (χ3n) is 3.91. The number of benzene rings is 2. The predicted octanol–water partition coefficient (Wildman–Crippen LogP) is 4.26. The van der Waals surface area contributed by atoms with Gasteiger partial charge in [0.1, 0.15) is 5.75 Å². The molecule has 0 saturated heterocycles. The van der Waals surface area contributed by atoms with Crippen LogP contribution in [0.5, 0.6) is 17.2 Å². The molecule has 0 radical (unpaired) electrons. The van der Waals surface area contributed by atoms with Gasteiger partial charge in [0.2, 0.25) is 0 Å². The number of halogens is 2. The van der Waals surface area contributed by atoms with Gasteiger partial charge in [0.15, 0.2) is 11.5 Å². The smallest absolute Gasteiger partial charge is 0.387 e. The van der Waals surface area contributed by atoms with E-state index in [1.165, 1.54) is 19.2 Å². The van der Waals surface area contributed by atoms with Gasteiger partial charge in [-0.15, -0.1) is 0 Å². The number of hydrogen-bond donors (Lipinski definition) is 2. The van der Waals surface area contributed by atoms with Crippen molar-refractivity contribution in [1.29, 1.82) is 0 Å². The third kappa shape index (κ3) is 6.29. The Bertz CT molecular complexity index is 787. The molecular weight excluding hydrogens is 370 g/mol. The van der Waals surface area contributed by atoms with Crippen molar-refractivity contribution in [3.05, 3.63) is 53.6 Å². The average molecular weight is 394 g/mol. The molecule has 2 rings (SSSR count). The van der Waals surface area contributed by atoms with Crippen molar-refractivity contribution in [2.24, 2.45) is 0 Å². The quantitative estimate of drug-likeness (QED) is 0.667. The lowest BCUT2D eigenvalue weighted by molar-refractivity contribution is -0.0512. The second-order valence-electron chi connectivity index (χ2n) is 5.92. The maximum absolute atomic E-state index is 12.5. The summed E-state index contributed by atoms with van der Waals surface area (Å²) >= 11 is 0. The van der Waals surface area contributed by atoms with Gasteiger partial charge < -0.3 is 24.8 Å². The number of alkyl halides is 2. The van der Waals surface area contributed by atoms with Crippen LogP contribution < -0.4 is 24.8 Å². The predicted molar refractivity (Wildman–Crippen MR) is 101 cm³/mol. The van der Waals surface area contributed by atoms with Crippen LogP contribution in [-0.4, -0.2) is 26.4 Å². The summed E-state index contributed by atoms with van der Waals surface area (Å²) in [5.74, 6) is 0.841. The molecule has 152 valence electrons. The first kappa shape index (κ1) is 21.3. The number of nitrogens with one attached hydrogen (secondary N) is 2. The van der Waals surface area contributed by atoms with Gasteiger partial charge in [-0.25, -0.2) is 4.79 Å². The Hall–Kier alpha value is -3.03. The molecule has 0 saturated carbocycles. The monoisotopic (exact) mass is 394 g/mol. The Morgan fingerprint density at radius 1 is 1.14 bits per heavy atom. The molecule has 0 aliphatic carbocycles. The first-order valence-electron chi connectivity index (χ1n) is 8.81. The number of ether oxygens (including phenoxy) is 3. The van der Waals surface area contributed by atoms with Gasteiger partial charge in [-0.2, -0.15) is 8.78 Å². The van der Waals surface area contributed by atoms with Crippen molar-refractivity contribution in [3.8, 4) is 17.2 Å². The molecule has 1 unspecified atom stereocenters. The van der Waals surface area contributed by atoms with E-state index in [0.29, 0.717) is 12.2 Å². The van der Waals surface area contributed by atoms with Crippen molar-refractivity contribution in [2.75, 3.05) is 13.7 Å². The minimum absolute atomic E-state index is 0.0849. The number of urea groups is 1. The van der Waals surface area contributed by atoms with Crippen molar-refractivity contribution in [2.45, 2.75) is 33.0 Å². The second-order valence-corrected chi connectivity index (χ2v) is 5.92. The Morgan fingerprint density at radius 3 is 2.61 bits per heavy atom. The topological polar surface area (TPSA) is 68.8 Å². The van der Waals surface area contributed by atoms with E-state index in [9.17, 15) is 13.6 Å². The van der Waals surface area contributed by atoms with Crippen molar-refractivity contribution >= 4 is 6.03 Å². The number of carbonyl (C=O) groups excluding carboxylic acids is 1. The molecule has 0 aliphatic rings.